The molecule has 0 aromatic heterocycles. The van der Waals surface area contributed by atoms with Crippen molar-refractivity contribution in [3.8, 4) is 0 Å². The Morgan fingerprint density at radius 1 is 1.38 bits per heavy atom. The molecule has 0 saturated heterocycles. The number of hydrogen-bond acceptors (Lipinski definition) is 2. The van der Waals surface area contributed by atoms with Crippen LogP contribution in [0.15, 0.2) is 0 Å². The van der Waals surface area contributed by atoms with Gasteiger partial charge >= 0.3 is 0 Å². The van der Waals surface area contributed by atoms with Crippen LogP contribution in [0.5, 0.6) is 0 Å². The highest BCUT2D eigenvalue weighted by Gasteiger charge is 2.21. The minimum absolute atomic E-state index is 0.0630. The average Bonchev–Trinajstić information content (AvgIpc) is 2.35. The van der Waals surface area contributed by atoms with Gasteiger partial charge in [0.15, 0.2) is 0 Å². The van der Waals surface area contributed by atoms with Crippen molar-refractivity contribution < 1.29 is 4.79 Å². The minimum Gasteiger partial charge on any atom is -0.358 e. The third kappa shape index (κ3) is 4.12. The van der Waals surface area contributed by atoms with E-state index in [4.69, 9.17) is 0 Å². The number of carbonyl (C=O) groups is 1. The summed E-state index contributed by atoms with van der Waals surface area (Å²) in [5.74, 6) is 1.77. The molecule has 1 fully saturated rings. The lowest BCUT2D eigenvalue weighted by Gasteiger charge is -2.29. The minimum atomic E-state index is -0.0630. The normalized spacial score (nSPS) is 27.4. The molecule has 3 heteroatoms. The number of nitrogens with one attached hydrogen (secondary N) is 2. The predicted molar refractivity (Wildman–Crippen MR) is 67.3 cm³/mol. The Bertz CT molecular complexity index is 218. The first-order valence-corrected chi connectivity index (χ1v) is 6.62. The summed E-state index contributed by atoms with van der Waals surface area (Å²) < 4.78 is 0. The molecule has 0 aromatic carbocycles. The Hall–Kier alpha value is -0.570. The van der Waals surface area contributed by atoms with Crippen LogP contribution in [0, 0.1) is 11.8 Å². The molecular formula is C13H26N2O. The fraction of sp³-hybridized carbons (Fsp3) is 0.923. The summed E-state index contributed by atoms with van der Waals surface area (Å²) in [6.07, 6.45) is 6.73. The van der Waals surface area contributed by atoms with Crippen LogP contribution in [-0.4, -0.2) is 25.5 Å². The molecule has 0 heterocycles. The molecule has 0 radical (unpaired) electrons. The molecule has 3 atom stereocenters. The van der Waals surface area contributed by atoms with Crippen LogP contribution in [0.4, 0.5) is 0 Å². The Balaban J connectivity index is 2.24. The molecule has 16 heavy (non-hydrogen) atoms. The van der Waals surface area contributed by atoms with E-state index in [9.17, 15) is 4.79 Å². The second-order valence-electron chi connectivity index (χ2n) is 5.05. The highest BCUT2D eigenvalue weighted by atomic mass is 16.2. The molecule has 94 valence electrons. The van der Waals surface area contributed by atoms with Gasteiger partial charge in [-0.25, -0.2) is 0 Å². The summed E-state index contributed by atoms with van der Waals surface area (Å²) in [4.78, 5) is 11.3. The maximum Gasteiger partial charge on any atom is 0.236 e. The zero-order chi connectivity index (χ0) is 12.0. The first-order chi connectivity index (χ1) is 7.67. The van der Waals surface area contributed by atoms with Crippen molar-refractivity contribution >= 4 is 5.91 Å². The molecule has 1 amide bonds. The molecule has 0 aromatic rings. The molecule has 1 aliphatic rings. The van der Waals surface area contributed by atoms with E-state index >= 15 is 0 Å². The largest absolute Gasteiger partial charge is 0.358 e. The van der Waals surface area contributed by atoms with Gasteiger partial charge in [0.2, 0.25) is 5.91 Å². The zero-order valence-corrected chi connectivity index (χ0v) is 10.9. The van der Waals surface area contributed by atoms with Gasteiger partial charge in [0, 0.05) is 7.05 Å². The number of amides is 1. The van der Waals surface area contributed by atoms with Gasteiger partial charge in [-0.05, 0) is 38.1 Å². The van der Waals surface area contributed by atoms with Gasteiger partial charge in [-0.3, -0.25) is 4.79 Å². The van der Waals surface area contributed by atoms with Gasteiger partial charge in [0.1, 0.15) is 0 Å². The van der Waals surface area contributed by atoms with Gasteiger partial charge in [-0.15, -0.1) is 0 Å². The maximum atomic E-state index is 11.3. The van der Waals surface area contributed by atoms with Crippen molar-refractivity contribution in [3.63, 3.8) is 0 Å². The number of rotatable bonds is 5. The molecule has 2 N–H and O–H groups in total. The van der Waals surface area contributed by atoms with Crippen molar-refractivity contribution in [1.29, 1.82) is 0 Å². The molecule has 3 nitrogen and oxygen atoms in total. The maximum absolute atomic E-state index is 11.3. The first kappa shape index (κ1) is 13.5. The van der Waals surface area contributed by atoms with E-state index in [0.29, 0.717) is 0 Å². The van der Waals surface area contributed by atoms with Gasteiger partial charge < -0.3 is 10.6 Å². The topological polar surface area (TPSA) is 41.1 Å². The summed E-state index contributed by atoms with van der Waals surface area (Å²) >= 11 is 0. The van der Waals surface area contributed by atoms with E-state index < -0.39 is 0 Å². The van der Waals surface area contributed by atoms with Crippen LogP contribution >= 0.6 is 0 Å². The van der Waals surface area contributed by atoms with E-state index in [1.54, 1.807) is 7.05 Å². The highest BCUT2D eigenvalue weighted by Crippen LogP contribution is 2.30. The first-order valence-electron chi connectivity index (χ1n) is 6.62. The Kier molecular flexibility index (Phi) is 5.81. The van der Waals surface area contributed by atoms with Crippen molar-refractivity contribution in [2.75, 3.05) is 13.6 Å². The number of carbonyl (C=O) groups excluding carboxylic acids is 1. The molecule has 1 saturated carbocycles. The van der Waals surface area contributed by atoms with Gasteiger partial charge in [-0.2, -0.15) is 0 Å². The molecule has 0 spiro atoms. The second-order valence-corrected chi connectivity index (χ2v) is 5.05. The predicted octanol–water partition coefficient (Wildman–Crippen LogP) is 1.93. The van der Waals surface area contributed by atoms with Gasteiger partial charge in [0.25, 0.3) is 0 Å². The van der Waals surface area contributed by atoms with Crippen LogP contribution in [-0.2, 0) is 4.79 Å². The quantitative estimate of drug-likeness (QED) is 0.752. The third-order valence-corrected chi connectivity index (χ3v) is 3.82. The SMILES string of the molecule is CCC1CCCC(CN[C@H](C)C(=O)NC)C1. The van der Waals surface area contributed by atoms with Crippen LogP contribution in [0.3, 0.4) is 0 Å². The van der Waals surface area contributed by atoms with E-state index in [1.165, 1.54) is 32.1 Å². The molecule has 1 aliphatic carbocycles. The van der Waals surface area contributed by atoms with E-state index in [2.05, 4.69) is 17.6 Å². The monoisotopic (exact) mass is 226 g/mol. The zero-order valence-electron chi connectivity index (χ0n) is 10.9. The lowest BCUT2D eigenvalue weighted by molar-refractivity contribution is -0.122. The second kappa shape index (κ2) is 6.89. The lowest BCUT2D eigenvalue weighted by Crippen LogP contribution is -2.43. The number of hydrogen-bond donors (Lipinski definition) is 2. The summed E-state index contributed by atoms with van der Waals surface area (Å²) in [5.41, 5.74) is 0. The van der Waals surface area contributed by atoms with E-state index in [-0.39, 0.29) is 11.9 Å². The highest BCUT2D eigenvalue weighted by molar-refractivity contribution is 5.80. The van der Waals surface area contributed by atoms with E-state index in [1.807, 2.05) is 6.92 Å². The summed E-state index contributed by atoms with van der Waals surface area (Å²) in [7, 11) is 1.69. The fourth-order valence-corrected chi connectivity index (χ4v) is 2.61. The fourth-order valence-electron chi connectivity index (χ4n) is 2.61. The summed E-state index contributed by atoms with van der Waals surface area (Å²) in [6.45, 7) is 5.21. The van der Waals surface area contributed by atoms with Crippen molar-refractivity contribution in [2.24, 2.45) is 11.8 Å². The number of likely N-dealkylation sites (N-methyl/N-ethyl adjacent to an activating group) is 1. The average molecular weight is 226 g/mol. The molecule has 1 rings (SSSR count). The molecular weight excluding hydrogens is 200 g/mol. The lowest BCUT2D eigenvalue weighted by atomic mass is 9.80. The molecule has 2 unspecified atom stereocenters. The standard InChI is InChI=1S/C13H26N2O/c1-4-11-6-5-7-12(8-11)9-15-10(2)13(16)14-3/h10-12,15H,4-9H2,1-3H3,(H,14,16)/t10-,11?,12?/m1/s1. The van der Waals surface area contributed by atoms with Crippen molar-refractivity contribution in [3.05, 3.63) is 0 Å². The van der Waals surface area contributed by atoms with Crippen molar-refractivity contribution in [2.45, 2.75) is 52.0 Å². The van der Waals surface area contributed by atoms with Crippen LogP contribution in [0.25, 0.3) is 0 Å². The molecule has 0 aliphatic heterocycles. The summed E-state index contributed by atoms with van der Waals surface area (Å²) in [5, 5.41) is 6.01. The molecule has 0 bridgehead atoms. The Morgan fingerprint density at radius 2 is 2.06 bits per heavy atom. The third-order valence-electron chi connectivity index (χ3n) is 3.82. The Morgan fingerprint density at radius 3 is 2.69 bits per heavy atom. The van der Waals surface area contributed by atoms with Crippen LogP contribution < -0.4 is 10.6 Å². The van der Waals surface area contributed by atoms with Crippen molar-refractivity contribution in [1.82, 2.24) is 10.6 Å². The van der Waals surface area contributed by atoms with E-state index in [0.717, 1.165) is 18.4 Å². The smallest absolute Gasteiger partial charge is 0.236 e. The summed E-state index contributed by atoms with van der Waals surface area (Å²) in [6, 6.07) is -0.0630. The van der Waals surface area contributed by atoms with Crippen LogP contribution in [0.2, 0.25) is 0 Å². The Labute approximate surface area is 99.4 Å². The van der Waals surface area contributed by atoms with Crippen LogP contribution in [0.1, 0.15) is 46.0 Å². The van der Waals surface area contributed by atoms with Gasteiger partial charge in [-0.1, -0.05) is 26.2 Å². The van der Waals surface area contributed by atoms with Gasteiger partial charge in [0.05, 0.1) is 6.04 Å².